The van der Waals surface area contributed by atoms with Crippen molar-refractivity contribution < 1.29 is 9.59 Å². The SMILES string of the molecule is CSc1ccc(NC(=O)C2CC(=O)N(c3cccc(Br)c3)C2)cn1. The predicted octanol–water partition coefficient (Wildman–Crippen LogP) is 3.56. The summed E-state index contributed by atoms with van der Waals surface area (Å²) in [6.07, 6.45) is 3.79. The zero-order chi connectivity index (χ0) is 17.1. The Morgan fingerprint density at radius 2 is 2.21 bits per heavy atom. The number of aromatic nitrogens is 1. The number of carbonyl (C=O) groups is 2. The molecule has 0 saturated carbocycles. The lowest BCUT2D eigenvalue weighted by Crippen LogP contribution is -2.28. The molecule has 0 bridgehead atoms. The van der Waals surface area contributed by atoms with Crippen molar-refractivity contribution in [2.75, 3.05) is 23.0 Å². The molecule has 0 aliphatic carbocycles. The Morgan fingerprint density at radius 1 is 1.38 bits per heavy atom. The highest BCUT2D eigenvalue weighted by Crippen LogP contribution is 2.28. The largest absolute Gasteiger partial charge is 0.324 e. The van der Waals surface area contributed by atoms with Crippen molar-refractivity contribution in [3.05, 3.63) is 47.1 Å². The first-order valence-corrected chi connectivity index (χ1v) is 9.45. The normalized spacial score (nSPS) is 17.2. The Balaban J connectivity index is 1.67. The average molecular weight is 406 g/mol. The zero-order valence-corrected chi connectivity index (χ0v) is 15.4. The van der Waals surface area contributed by atoms with Gasteiger partial charge in [0.05, 0.1) is 22.8 Å². The van der Waals surface area contributed by atoms with E-state index in [9.17, 15) is 9.59 Å². The average Bonchev–Trinajstić information content (AvgIpc) is 2.97. The number of benzene rings is 1. The van der Waals surface area contributed by atoms with Gasteiger partial charge in [-0.05, 0) is 36.6 Å². The molecule has 1 N–H and O–H groups in total. The van der Waals surface area contributed by atoms with E-state index in [2.05, 4.69) is 26.2 Å². The Kier molecular flexibility index (Phi) is 5.20. The van der Waals surface area contributed by atoms with Gasteiger partial charge in [-0.25, -0.2) is 4.98 Å². The van der Waals surface area contributed by atoms with Crippen LogP contribution in [0.15, 0.2) is 52.1 Å². The Bertz CT molecular complexity index is 767. The Hall–Kier alpha value is -1.86. The monoisotopic (exact) mass is 405 g/mol. The van der Waals surface area contributed by atoms with E-state index in [0.29, 0.717) is 12.2 Å². The third-order valence-electron chi connectivity index (χ3n) is 3.83. The molecule has 1 aromatic carbocycles. The molecule has 1 atom stereocenters. The number of halogens is 1. The van der Waals surface area contributed by atoms with Crippen LogP contribution in [-0.4, -0.2) is 29.6 Å². The second kappa shape index (κ2) is 7.36. The minimum Gasteiger partial charge on any atom is -0.324 e. The van der Waals surface area contributed by atoms with E-state index in [0.717, 1.165) is 15.2 Å². The highest BCUT2D eigenvalue weighted by atomic mass is 79.9. The van der Waals surface area contributed by atoms with E-state index < -0.39 is 0 Å². The fourth-order valence-electron chi connectivity index (χ4n) is 2.60. The van der Waals surface area contributed by atoms with Gasteiger partial charge in [-0.2, -0.15) is 0 Å². The van der Waals surface area contributed by atoms with Crippen LogP contribution in [-0.2, 0) is 9.59 Å². The lowest BCUT2D eigenvalue weighted by molar-refractivity contribution is -0.122. The first-order valence-electron chi connectivity index (χ1n) is 7.43. The lowest BCUT2D eigenvalue weighted by Gasteiger charge is -2.17. The quantitative estimate of drug-likeness (QED) is 0.789. The molecule has 5 nitrogen and oxygen atoms in total. The molecule has 1 fully saturated rings. The fraction of sp³-hybridized carbons (Fsp3) is 0.235. The first kappa shape index (κ1) is 17.0. The molecule has 24 heavy (non-hydrogen) atoms. The van der Waals surface area contributed by atoms with E-state index in [1.54, 1.807) is 22.9 Å². The second-order valence-corrected chi connectivity index (χ2v) is 7.21. The molecule has 1 unspecified atom stereocenters. The summed E-state index contributed by atoms with van der Waals surface area (Å²) in [5.41, 5.74) is 1.45. The van der Waals surface area contributed by atoms with Gasteiger partial charge in [-0.15, -0.1) is 11.8 Å². The third kappa shape index (κ3) is 3.79. The van der Waals surface area contributed by atoms with Gasteiger partial charge in [0.15, 0.2) is 0 Å². The fourth-order valence-corrected chi connectivity index (χ4v) is 3.35. The van der Waals surface area contributed by atoms with Crippen molar-refractivity contribution in [2.45, 2.75) is 11.4 Å². The summed E-state index contributed by atoms with van der Waals surface area (Å²) >= 11 is 4.95. The van der Waals surface area contributed by atoms with E-state index in [4.69, 9.17) is 0 Å². The van der Waals surface area contributed by atoms with Gasteiger partial charge in [0.1, 0.15) is 0 Å². The van der Waals surface area contributed by atoms with Gasteiger partial charge in [0.25, 0.3) is 0 Å². The number of nitrogens with one attached hydrogen (secondary N) is 1. The van der Waals surface area contributed by atoms with E-state index in [-0.39, 0.29) is 24.2 Å². The molecule has 1 aliphatic heterocycles. The third-order valence-corrected chi connectivity index (χ3v) is 4.98. The summed E-state index contributed by atoms with van der Waals surface area (Å²) in [6, 6.07) is 11.2. The van der Waals surface area contributed by atoms with Crippen LogP contribution in [0, 0.1) is 5.92 Å². The summed E-state index contributed by atoms with van der Waals surface area (Å²) in [5, 5.41) is 3.73. The molecule has 2 heterocycles. The van der Waals surface area contributed by atoms with Crippen LogP contribution in [0.1, 0.15) is 6.42 Å². The molecule has 1 aromatic heterocycles. The molecule has 0 spiro atoms. The van der Waals surface area contributed by atoms with Crippen LogP contribution < -0.4 is 10.2 Å². The molecular formula is C17H16BrN3O2S. The Morgan fingerprint density at radius 3 is 2.88 bits per heavy atom. The number of pyridine rings is 1. The minimum absolute atomic E-state index is 0.0379. The van der Waals surface area contributed by atoms with Crippen LogP contribution in [0.4, 0.5) is 11.4 Å². The van der Waals surface area contributed by atoms with Crippen molar-refractivity contribution in [3.63, 3.8) is 0 Å². The van der Waals surface area contributed by atoms with Crippen LogP contribution in [0.2, 0.25) is 0 Å². The molecule has 0 radical (unpaired) electrons. The van der Waals surface area contributed by atoms with Gasteiger partial charge in [-0.1, -0.05) is 22.0 Å². The number of hydrogen-bond acceptors (Lipinski definition) is 4. The first-order chi connectivity index (χ1) is 11.6. The summed E-state index contributed by atoms with van der Waals surface area (Å²) in [6.45, 7) is 0.386. The smallest absolute Gasteiger partial charge is 0.229 e. The van der Waals surface area contributed by atoms with Crippen LogP contribution in [0.3, 0.4) is 0 Å². The van der Waals surface area contributed by atoms with Gasteiger partial charge < -0.3 is 10.2 Å². The molecular weight excluding hydrogens is 390 g/mol. The number of nitrogens with zero attached hydrogens (tertiary/aromatic N) is 2. The maximum Gasteiger partial charge on any atom is 0.229 e. The van der Waals surface area contributed by atoms with E-state index >= 15 is 0 Å². The molecule has 3 rings (SSSR count). The maximum atomic E-state index is 12.4. The number of hydrogen-bond donors (Lipinski definition) is 1. The highest BCUT2D eigenvalue weighted by molar-refractivity contribution is 9.10. The summed E-state index contributed by atoms with van der Waals surface area (Å²) in [5.74, 6) is -0.555. The van der Waals surface area contributed by atoms with Crippen LogP contribution in [0.25, 0.3) is 0 Å². The molecule has 7 heteroatoms. The van der Waals surface area contributed by atoms with Crippen LogP contribution >= 0.6 is 27.7 Å². The number of anilines is 2. The minimum atomic E-state index is -0.364. The topological polar surface area (TPSA) is 62.3 Å². The lowest BCUT2D eigenvalue weighted by atomic mass is 10.1. The number of rotatable bonds is 4. The van der Waals surface area contributed by atoms with Crippen molar-refractivity contribution in [2.24, 2.45) is 5.92 Å². The van der Waals surface area contributed by atoms with Gasteiger partial charge >= 0.3 is 0 Å². The van der Waals surface area contributed by atoms with E-state index in [1.165, 1.54) is 0 Å². The molecule has 1 aliphatic rings. The zero-order valence-electron chi connectivity index (χ0n) is 13.0. The second-order valence-electron chi connectivity index (χ2n) is 5.46. The summed E-state index contributed by atoms with van der Waals surface area (Å²) < 4.78 is 0.903. The summed E-state index contributed by atoms with van der Waals surface area (Å²) in [4.78, 5) is 30.6. The number of carbonyl (C=O) groups excluding carboxylic acids is 2. The van der Waals surface area contributed by atoms with E-state index in [1.807, 2.05) is 42.7 Å². The van der Waals surface area contributed by atoms with Crippen molar-refractivity contribution in [1.82, 2.24) is 4.98 Å². The Labute approximate surface area is 153 Å². The number of thioether (sulfide) groups is 1. The number of amides is 2. The van der Waals surface area contributed by atoms with Crippen molar-refractivity contribution in [3.8, 4) is 0 Å². The predicted molar refractivity (Wildman–Crippen MR) is 99.2 cm³/mol. The summed E-state index contributed by atoms with van der Waals surface area (Å²) in [7, 11) is 0. The van der Waals surface area contributed by atoms with Gasteiger partial charge in [0.2, 0.25) is 11.8 Å². The molecule has 124 valence electrons. The standard InChI is InChI=1S/C17H16BrN3O2S/c1-24-15-6-5-13(9-19-15)20-17(23)11-7-16(22)21(10-11)14-4-2-3-12(18)8-14/h2-6,8-9,11H,7,10H2,1H3,(H,20,23). The maximum absolute atomic E-state index is 12.4. The molecule has 2 amide bonds. The molecule has 2 aromatic rings. The van der Waals surface area contributed by atoms with Crippen LogP contribution in [0.5, 0.6) is 0 Å². The van der Waals surface area contributed by atoms with Gasteiger partial charge in [0, 0.05) is 23.1 Å². The van der Waals surface area contributed by atoms with Gasteiger partial charge in [-0.3, -0.25) is 9.59 Å². The highest BCUT2D eigenvalue weighted by Gasteiger charge is 2.35. The van der Waals surface area contributed by atoms with Crippen molar-refractivity contribution >= 4 is 50.9 Å². The van der Waals surface area contributed by atoms with Crippen molar-refractivity contribution in [1.29, 1.82) is 0 Å². The molecule has 1 saturated heterocycles.